The highest BCUT2D eigenvalue weighted by molar-refractivity contribution is 8.15. The summed E-state index contributed by atoms with van der Waals surface area (Å²) >= 11 is 1.09. The van der Waals surface area contributed by atoms with Gasteiger partial charge in [-0.3, -0.25) is 4.79 Å². The van der Waals surface area contributed by atoms with E-state index in [0.29, 0.717) is 18.5 Å². The highest BCUT2D eigenvalue weighted by Crippen LogP contribution is 2.57. The molecule has 9 heteroatoms. The highest BCUT2D eigenvalue weighted by atomic mass is 32.2. The van der Waals surface area contributed by atoms with Gasteiger partial charge >= 0.3 is 0 Å². The number of nitrogens with two attached hydrogens (primary N) is 1. The summed E-state index contributed by atoms with van der Waals surface area (Å²) in [5.41, 5.74) is 6.14. The first-order valence-electron chi connectivity index (χ1n) is 9.04. The van der Waals surface area contributed by atoms with Crippen LogP contribution < -0.4 is 10.5 Å². The number of carbonyl (C=O) groups excluding carboxylic acids is 1. The lowest BCUT2D eigenvalue weighted by atomic mass is 9.86. The van der Waals surface area contributed by atoms with Crippen LogP contribution in [-0.4, -0.2) is 29.1 Å². The minimum absolute atomic E-state index is 0.0238. The van der Waals surface area contributed by atoms with Crippen LogP contribution in [0, 0.1) is 23.4 Å². The first kappa shape index (κ1) is 19.8. The van der Waals surface area contributed by atoms with Crippen molar-refractivity contribution in [2.45, 2.75) is 18.2 Å². The highest BCUT2D eigenvalue weighted by Gasteiger charge is 2.56. The van der Waals surface area contributed by atoms with Crippen molar-refractivity contribution >= 4 is 22.7 Å². The van der Waals surface area contributed by atoms with Crippen molar-refractivity contribution in [3.05, 3.63) is 65.0 Å². The fourth-order valence-electron chi connectivity index (χ4n) is 3.81. The molecule has 2 aliphatic heterocycles. The number of nitrogens with zero attached hydrogens (tertiary/aromatic N) is 2. The zero-order valence-corrected chi connectivity index (χ0v) is 16.3. The Morgan fingerprint density at radius 2 is 2.10 bits per heavy atom. The third kappa shape index (κ3) is 3.08. The predicted octanol–water partition coefficient (Wildman–Crippen LogP) is 3.57. The van der Waals surface area contributed by atoms with Crippen molar-refractivity contribution in [2.24, 2.45) is 16.8 Å². The van der Waals surface area contributed by atoms with Gasteiger partial charge in [-0.2, -0.15) is 5.10 Å². The molecule has 1 spiro atoms. The molecule has 2 N–H and O–H groups in total. The van der Waals surface area contributed by atoms with Crippen molar-refractivity contribution in [3.8, 4) is 5.75 Å². The summed E-state index contributed by atoms with van der Waals surface area (Å²) in [6, 6.07) is 7.48. The zero-order chi connectivity index (χ0) is 20.8. The van der Waals surface area contributed by atoms with Gasteiger partial charge in [0.2, 0.25) is 5.91 Å². The minimum Gasteiger partial charge on any atom is -0.490 e. The molecular formula is C20H18F3N3O2S. The second-order valence-corrected chi connectivity index (χ2v) is 8.07. The Balaban J connectivity index is 1.92. The first-order chi connectivity index (χ1) is 13.9. The first-order valence-corrected chi connectivity index (χ1v) is 9.85. The Morgan fingerprint density at radius 1 is 1.31 bits per heavy atom. The van der Waals surface area contributed by atoms with Crippen LogP contribution in [0.25, 0.3) is 0 Å². The van der Waals surface area contributed by atoms with E-state index in [4.69, 9.17) is 10.5 Å². The molecule has 2 aromatic rings. The van der Waals surface area contributed by atoms with Crippen LogP contribution >= 0.6 is 11.8 Å². The van der Waals surface area contributed by atoms with Gasteiger partial charge in [0.25, 0.3) is 0 Å². The van der Waals surface area contributed by atoms with Gasteiger partial charge in [0, 0.05) is 24.0 Å². The largest absolute Gasteiger partial charge is 0.490 e. The Bertz CT molecular complexity index is 1020. The monoisotopic (exact) mass is 421 g/mol. The quantitative estimate of drug-likeness (QED) is 0.823. The molecule has 1 amide bonds. The summed E-state index contributed by atoms with van der Waals surface area (Å²) in [6.07, 6.45) is 0.459. The van der Waals surface area contributed by atoms with Crippen LogP contribution in [0.3, 0.4) is 0 Å². The van der Waals surface area contributed by atoms with Crippen molar-refractivity contribution in [1.29, 1.82) is 0 Å². The Morgan fingerprint density at radius 3 is 2.83 bits per heavy atom. The number of hydrogen-bond donors (Lipinski definition) is 1. The third-order valence-electron chi connectivity index (χ3n) is 5.07. The van der Waals surface area contributed by atoms with E-state index in [0.717, 1.165) is 30.0 Å². The predicted molar refractivity (Wildman–Crippen MR) is 104 cm³/mol. The second-order valence-electron chi connectivity index (χ2n) is 6.86. The Hall–Kier alpha value is -2.52. The van der Waals surface area contributed by atoms with Crippen LogP contribution in [0.15, 0.2) is 41.5 Å². The van der Waals surface area contributed by atoms with Gasteiger partial charge in [-0.05, 0) is 37.2 Å². The number of para-hydroxylation sites is 1. The van der Waals surface area contributed by atoms with Crippen molar-refractivity contribution in [1.82, 2.24) is 5.01 Å². The average molecular weight is 421 g/mol. The van der Waals surface area contributed by atoms with E-state index in [1.165, 1.54) is 24.1 Å². The maximum Gasteiger partial charge on any atom is 0.241 e. The van der Waals surface area contributed by atoms with Crippen LogP contribution in [0.2, 0.25) is 0 Å². The third-order valence-corrected chi connectivity index (χ3v) is 6.60. The standard InChI is InChI=1S/C20H18F3N3O2S/c1-11(27)26-20(29-19(25-26)14-9-13(21)5-6-16(14)22)12(7-8-24)10-28-18-15(20)3-2-4-17(18)23/h2-6,9,12H,7-8,10,24H2,1H3/t12-,20-/m1/s1. The van der Waals surface area contributed by atoms with Crippen molar-refractivity contribution < 1.29 is 22.7 Å². The fourth-order valence-corrected chi connectivity index (χ4v) is 5.37. The molecule has 29 heavy (non-hydrogen) atoms. The van der Waals surface area contributed by atoms with Gasteiger partial charge in [0.15, 0.2) is 16.4 Å². The lowest BCUT2D eigenvalue weighted by Gasteiger charge is -2.45. The summed E-state index contributed by atoms with van der Waals surface area (Å²) in [5.74, 6) is -2.59. The van der Waals surface area contributed by atoms with Crippen molar-refractivity contribution in [2.75, 3.05) is 13.2 Å². The van der Waals surface area contributed by atoms with Gasteiger partial charge in [-0.1, -0.05) is 23.9 Å². The normalized spacial score (nSPS) is 23.0. The lowest BCUT2D eigenvalue weighted by molar-refractivity contribution is -0.134. The molecule has 0 unspecified atom stereocenters. The summed E-state index contributed by atoms with van der Waals surface area (Å²) in [6.45, 7) is 1.73. The van der Waals surface area contributed by atoms with E-state index in [1.54, 1.807) is 6.07 Å². The number of rotatable bonds is 3. The lowest BCUT2D eigenvalue weighted by Crippen LogP contribution is -2.51. The van der Waals surface area contributed by atoms with Gasteiger partial charge in [0.1, 0.15) is 16.7 Å². The maximum absolute atomic E-state index is 14.5. The molecule has 0 saturated carbocycles. The fraction of sp³-hybridized carbons (Fsp3) is 0.300. The number of fused-ring (bicyclic) bond motifs is 2. The Kier molecular flexibility index (Phi) is 5.04. The molecule has 0 aromatic heterocycles. The molecule has 0 aliphatic carbocycles. The number of hydrazone groups is 1. The second kappa shape index (κ2) is 7.38. The molecule has 5 nitrogen and oxygen atoms in total. The van der Waals surface area contributed by atoms with Gasteiger partial charge in [-0.25, -0.2) is 18.2 Å². The molecule has 0 radical (unpaired) electrons. The molecular weight excluding hydrogens is 403 g/mol. The molecule has 4 rings (SSSR count). The topological polar surface area (TPSA) is 67.9 Å². The molecule has 0 saturated heterocycles. The van der Waals surface area contributed by atoms with Crippen molar-refractivity contribution in [3.63, 3.8) is 0 Å². The van der Waals surface area contributed by atoms with Gasteiger partial charge in [0.05, 0.1) is 6.61 Å². The zero-order valence-electron chi connectivity index (χ0n) is 15.5. The van der Waals surface area contributed by atoms with E-state index >= 15 is 0 Å². The number of benzene rings is 2. The van der Waals surface area contributed by atoms with Gasteiger partial charge in [-0.15, -0.1) is 0 Å². The summed E-state index contributed by atoms with van der Waals surface area (Å²) < 4.78 is 48.4. The molecule has 2 aliphatic rings. The van der Waals surface area contributed by atoms with E-state index in [-0.39, 0.29) is 28.9 Å². The molecule has 152 valence electrons. The number of ether oxygens (including phenoxy) is 1. The Labute approximate surface area is 169 Å². The number of hydrogen-bond acceptors (Lipinski definition) is 5. The molecule has 2 heterocycles. The minimum atomic E-state index is -1.17. The summed E-state index contributed by atoms with van der Waals surface area (Å²) in [7, 11) is 0. The molecule has 2 aromatic carbocycles. The van der Waals surface area contributed by atoms with Gasteiger partial charge < -0.3 is 10.5 Å². The maximum atomic E-state index is 14.5. The van der Waals surface area contributed by atoms with Crippen LogP contribution in [0.5, 0.6) is 5.75 Å². The molecule has 0 fully saturated rings. The number of amides is 1. The number of thioether (sulfide) groups is 1. The SMILES string of the molecule is CC(=O)N1N=C(c2cc(F)ccc2F)S[C@]12c1cccc(F)c1OC[C@H]2CCN. The molecule has 2 atom stereocenters. The van der Waals surface area contributed by atoms with Crippen LogP contribution in [-0.2, 0) is 9.67 Å². The van der Waals surface area contributed by atoms with E-state index in [2.05, 4.69) is 5.10 Å². The van der Waals surface area contributed by atoms with E-state index < -0.39 is 28.2 Å². The van der Waals surface area contributed by atoms with Crippen LogP contribution in [0.4, 0.5) is 13.2 Å². The molecule has 0 bridgehead atoms. The van der Waals surface area contributed by atoms with E-state index in [9.17, 15) is 18.0 Å². The van der Waals surface area contributed by atoms with Crippen LogP contribution in [0.1, 0.15) is 24.5 Å². The van der Waals surface area contributed by atoms with E-state index in [1.807, 2.05) is 0 Å². The average Bonchev–Trinajstić information content (AvgIpc) is 3.08. The smallest absolute Gasteiger partial charge is 0.241 e. The summed E-state index contributed by atoms with van der Waals surface area (Å²) in [4.78, 5) is 11.4. The number of halogens is 3. The number of carbonyl (C=O) groups is 1. The summed E-state index contributed by atoms with van der Waals surface area (Å²) in [5, 5.41) is 5.69.